The molecule has 0 atom stereocenters. The zero-order valence-electron chi connectivity index (χ0n) is 21.1. The molecule has 8 heteroatoms. The van der Waals surface area contributed by atoms with Crippen molar-refractivity contribution in [3.63, 3.8) is 0 Å². The molecule has 0 unspecified atom stereocenters. The summed E-state index contributed by atoms with van der Waals surface area (Å²) in [5.41, 5.74) is 14.2. The molecule has 38 heavy (non-hydrogen) atoms. The van der Waals surface area contributed by atoms with Crippen LogP contribution in [0.2, 0.25) is 0 Å². The molecule has 1 saturated heterocycles. The van der Waals surface area contributed by atoms with Crippen LogP contribution in [0.4, 0.5) is 5.69 Å². The van der Waals surface area contributed by atoms with E-state index in [0.29, 0.717) is 0 Å². The highest BCUT2D eigenvalue weighted by Crippen LogP contribution is 2.39. The molecular weight excluding hydrogens is 474 g/mol. The Morgan fingerprint density at radius 2 is 1.66 bits per heavy atom. The van der Waals surface area contributed by atoms with E-state index in [1.807, 2.05) is 18.2 Å². The standard InChI is InChI=1S/C30H29N7O/c31-30(12-2-13-30)23-5-7-24(8-6-23)37-28(22-11-14-32-33-20-22)35-27-10-9-26(34-29(27)37)21-3-1-4-25(19-21)36-15-17-38-18-16-36/h1,3-11,14,19-20H,2,12-13,15-18,31H2. The van der Waals surface area contributed by atoms with Crippen LogP contribution in [0.25, 0.3) is 39.5 Å². The van der Waals surface area contributed by atoms with E-state index in [2.05, 4.69) is 68.2 Å². The second-order valence-electron chi connectivity index (χ2n) is 10.1. The van der Waals surface area contributed by atoms with Gasteiger partial charge in [0.25, 0.3) is 0 Å². The summed E-state index contributed by atoms with van der Waals surface area (Å²) in [5.74, 6) is 0.778. The van der Waals surface area contributed by atoms with Crippen molar-refractivity contribution in [1.29, 1.82) is 0 Å². The Kier molecular flexibility index (Phi) is 5.64. The zero-order chi connectivity index (χ0) is 25.5. The molecule has 0 bridgehead atoms. The predicted octanol–water partition coefficient (Wildman–Crippen LogP) is 4.72. The summed E-state index contributed by atoms with van der Waals surface area (Å²) in [7, 11) is 0. The predicted molar refractivity (Wildman–Crippen MR) is 148 cm³/mol. The van der Waals surface area contributed by atoms with Crippen molar-refractivity contribution in [3.05, 3.63) is 84.7 Å². The minimum absolute atomic E-state index is 0.204. The minimum atomic E-state index is -0.204. The first-order chi connectivity index (χ1) is 18.7. The van der Waals surface area contributed by atoms with Crippen LogP contribution in [0, 0.1) is 0 Å². The van der Waals surface area contributed by atoms with Crippen LogP contribution in [0.5, 0.6) is 0 Å². The molecule has 0 radical (unpaired) electrons. The fourth-order valence-corrected chi connectivity index (χ4v) is 5.45. The van der Waals surface area contributed by atoms with E-state index in [1.54, 1.807) is 12.4 Å². The maximum absolute atomic E-state index is 6.60. The minimum Gasteiger partial charge on any atom is -0.378 e. The van der Waals surface area contributed by atoms with E-state index in [0.717, 1.165) is 78.6 Å². The van der Waals surface area contributed by atoms with Gasteiger partial charge in [0.15, 0.2) is 5.65 Å². The lowest BCUT2D eigenvalue weighted by molar-refractivity contribution is 0.122. The molecule has 2 N–H and O–H groups in total. The molecule has 8 nitrogen and oxygen atoms in total. The van der Waals surface area contributed by atoms with Gasteiger partial charge in [-0.05, 0) is 67.3 Å². The van der Waals surface area contributed by atoms with Crippen LogP contribution < -0.4 is 10.6 Å². The molecule has 3 aromatic heterocycles. The van der Waals surface area contributed by atoms with Gasteiger partial charge in [-0.1, -0.05) is 24.3 Å². The number of hydrogen-bond acceptors (Lipinski definition) is 7. The van der Waals surface area contributed by atoms with Gasteiger partial charge in [0.1, 0.15) is 11.3 Å². The number of imidazole rings is 1. The van der Waals surface area contributed by atoms with E-state index in [-0.39, 0.29) is 5.54 Å². The van der Waals surface area contributed by atoms with Crippen LogP contribution in [-0.2, 0) is 10.3 Å². The number of anilines is 1. The van der Waals surface area contributed by atoms with E-state index in [1.165, 1.54) is 17.7 Å². The third kappa shape index (κ3) is 4.02. The Morgan fingerprint density at radius 3 is 2.39 bits per heavy atom. The molecule has 0 amide bonds. The summed E-state index contributed by atoms with van der Waals surface area (Å²) < 4.78 is 7.64. The maximum Gasteiger partial charge on any atom is 0.165 e. The summed E-state index contributed by atoms with van der Waals surface area (Å²) >= 11 is 0. The van der Waals surface area contributed by atoms with Crippen molar-refractivity contribution in [2.24, 2.45) is 5.73 Å². The molecule has 5 aromatic rings. The summed E-state index contributed by atoms with van der Waals surface area (Å²) in [6.45, 7) is 3.30. The molecule has 190 valence electrons. The van der Waals surface area contributed by atoms with Crippen LogP contribution >= 0.6 is 0 Å². The number of pyridine rings is 1. The Labute approximate surface area is 221 Å². The number of ether oxygens (including phenoxy) is 1. The van der Waals surface area contributed by atoms with Gasteiger partial charge in [0.05, 0.1) is 31.3 Å². The molecule has 7 rings (SSSR count). The van der Waals surface area contributed by atoms with Crippen LogP contribution in [0.15, 0.2) is 79.1 Å². The van der Waals surface area contributed by atoms with E-state index in [4.69, 9.17) is 20.4 Å². The van der Waals surface area contributed by atoms with Gasteiger partial charge in [-0.15, -0.1) is 0 Å². The van der Waals surface area contributed by atoms with Gasteiger partial charge in [-0.25, -0.2) is 9.97 Å². The van der Waals surface area contributed by atoms with Crippen LogP contribution in [0.3, 0.4) is 0 Å². The fourth-order valence-electron chi connectivity index (χ4n) is 5.45. The number of aromatic nitrogens is 5. The summed E-state index contributed by atoms with van der Waals surface area (Å²) in [6.07, 6.45) is 6.67. The quantitative estimate of drug-likeness (QED) is 0.371. The average molecular weight is 504 g/mol. The van der Waals surface area contributed by atoms with E-state index >= 15 is 0 Å². The Morgan fingerprint density at radius 1 is 0.816 bits per heavy atom. The number of fused-ring (bicyclic) bond motifs is 1. The molecule has 1 aliphatic heterocycles. The maximum atomic E-state index is 6.60. The first-order valence-corrected chi connectivity index (χ1v) is 13.2. The van der Waals surface area contributed by atoms with Gasteiger partial charge >= 0.3 is 0 Å². The molecule has 0 spiro atoms. The highest BCUT2D eigenvalue weighted by atomic mass is 16.5. The molecule has 2 fully saturated rings. The third-order valence-electron chi connectivity index (χ3n) is 7.81. The Balaban J connectivity index is 1.35. The Hall–Kier alpha value is -4.14. The number of benzene rings is 2. The summed E-state index contributed by atoms with van der Waals surface area (Å²) in [4.78, 5) is 12.5. The lowest BCUT2D eigenvalue weighted by atomic mass is 9.73. The molecule has 2 aromatic carbocycles. The SMILES string of the molecule is NC1(c2ccc(-n3c(-c4ccnnc4)nc4ccc(-c5cccc(N6CCOCC6)c5)nc43)cc2)CCC1. The van der Waals surface area contributed by atoms with Gasteiger partial charge in [0, 0.05) is 41.1 Å². The van der Waals surface area contributed by atoms with Crippen molar-refractivity contribution >= 4 is 16.9 Å². The largest absolute Gasteiger partial charge is 0.378 e. The highest BCUT2D eigenvalue weighted by Gasteiger charge is 2.34. The van der Waals surface area contributed by atoms with Gasteiger partial charge in [0.2, 0.25) is 0 Å². The summed E-state index contributed by atoms with van der Waals surface area (Å²) in [6, 6.07) is 23.1. The number of nitrogens with zero attached hydrogens (tertiary/aromatic N) is 6. The van der Waals surface area contributed by atoms with E-state index in [9.17, 15) is 0 Å². The lowest BCUT2D eigenvalue weighted by Gasteiger charge is -2.38. The lowest BCUT2D eigenvalue weighted by Crippen LogP contribution is -2.43. The topological polar surface area (TPSA) is 95.0 Å². The number of rotatable bonds is 5. The number of nitrogens with two attached hydrogens (primary N) is 1. The van der Waals surface area contributed by atoms with Gasteiger partial charge < -0.3 is 15.4 Å². The number of morpholine rings is 1. The highest BCUT2D eigenvalue weighted by molar-refractivity contribution is 5.82. The number of hydrogen-bond donors (Lipinski definition) is 1. The summed E-state index contributed by atoms with van der Waals surface area (Å²) in [5, 5.41) is 8.05. The Bertz CT molecular complexity index is 1590. The monoisotopic (exact) mass is 503 g/mol. The first kappa shape index (κ1) is 23.0. The second kappa shape index (κ2) is 9.31. The first-order valence-electron chi connectivity index (χ1n) is 13.2. The molecule has 2 aliphatic rings. The fraction of sp³-hybridized carbons (Fsp3) is 0.267. The molecule has 1 aliphatic carbocycles. The van der Waals surface area contributed by atoms with E-state index < -0.39 is 0 Å². The van der Waals surface area contributed by atoms with Gasteiger partial charge in [-0.3, -0.25) is 4.57 Å². The van der Waals surface area contributed by atoms with Crippen LogP contribution in [-0.4, -0.2) is 51.0 Å². The average Bonchev–Trinajstić information content (AvgIpc) is 3.36. The molecular formula is C30H29N7O. The molecule has 1 saturated carbocycles. The molecule has 4 heterocycles. The van der Waals surface area contributed by atoms with Gasteiger partial charge in [-0.2, -0.15) is 10.2 Å². The van der Waals surface area contributed by atoms with Crippen molar-refractivity contribution in [2.75, 3.05) is 31.2 Å². The zero-order valence-corrected chi connectivity index (χ0v) is 21.1. The van der Waals surface area contributed by atoms with Crippen molar-refractivity contribution in [3.8, 4) is 28.3 Å². The van der Waals surface area contributed by atoms with Crippen molar-refractivity contribution in [2.45, 2.75) is 24.8 Å². The normalized spacial score (nSPS) is 16.9. The second-order valence-corrected chi connectivity index (χ2v) is 10.1. The van der Waals surface area contributed by atoms with Crippen LogP contribution in [0.1, 0.15) is 24.8 Å². The van der Waals surface area contributed by atoms with Crippen molar-refractivity contribution in [1.82, 2.24) is 24.7 Å². The third-order valence-corrected chi connectivity index (χ3v) is 7.81. The van der Waals surface area contributed by atoms with Crippen molar-refractivity contribution < 1.29 is 4.74 Å². The smallest absolute Gasteiger partial charge is 0.165 e.